The Morgan fingerprint density at radius 1 is 1.71 bits per heavy atom. The summed E-state index contributed by atoms with van der Waals surface area (Å²) in [7, 11) is 0. The molecule has 0 fully saturated rings. The molecule has 0 rings (SSSR count). The van der Waals surface area contributed by atoms with Gasteiger partial charge in [0.2, 0.25) is 0 Å². The molecule has 0 aliphatic rings. The minimum atomic E-state index is -0.833. The van der Waals surface area contributed by atoms with Gasteiger partial charge in [-0.3, -0.25) is 4.79 Å². The molecule has 0 radical (unpaired) electrons. The summed E-state index contributed by atoms with van der Waals surface area (Å²) in [4.78, 5) is 9.00. The molecule has 0 heterocycles. The number of hydrogen-bond donors (Lipinski definition) is 1. The van der Waals surface area contributed by atoms with Crippen LogP contribution in [0.15, 0.2) is 0 Å². The average molecular weight is 257 g/mol. The predicted molar refractivity (Wildman–Crippen MR) is 22.2 cm³/mol. The van der Waals surface area contributed by atoms with Crippen LogP contribution in [0.4, 0.5) is 0 Å². The maximum absolute atomic E-state index is 9.00. The molecule has 0 bridgehead atoms. The van der Waals surface area contributed by atoms with Crippen molar-refractivity contribution in [1.29, 1.82) is 0 Å². The number of aliphatic carboxylic acids is 1. The third-order valence-electron chi connectivity index (χ3n) is 0. The van der Waals surface area contributed by atoms with E-state index in [1.54, 1.807) is 0 Å². The first-order valence-electron chi connectivity index (χ1n) is 1.05. The molecule has 5 heteroatoms. The van der Waals surface area contributed by atoms with Gasteiger partial charge in [-0.15, -0.1) is 0 Å². The molecular weight excluding hydrogens is 253 g/mol. The summed E-state index contributed by atoms with van der Waals surface area (Å²) in [6, 6.07) is 0. The van der Waals surface area contributed by atoms with Gasteiger partial charge >= 0.3 is 27.9 Å². The molecule has 0 amide bonds. The summed E-state index contributed by atoms with van der Waals surface area (Å²) < 4.78 is 0. The van der Waals surface area contributed by atoms with Crippen molar-refractivity contribution < 1.29 is 40.1 Å². The monoisotopic (exact) mass is 255 g/mol. The zero-order valence-electron chi connectivity index (χ0n) is 3.37. The van der Waals surface area contributed by atoms with Crippen LogP contribution in [-0.2, 0) is 35.0 Å². The van der Waals surface area contributed by atoms with E-state index in [4.69, 9.17) is 9.90 Å². The van der Waals surface area contributed by atoms with E-state index in [0.29, 0.717) is 0 Å². The molecule has 0 saturated carbocycles. The summed E-state index contributed by atoms with van der Waals surface area (Å²) >= 11 is 6.25. The number of carboxylic acids is 1. The molecule has 0 aliphatic heterocycles. The standard InChI is InChI=1S/C2H4O2.BrH.2Ni/c1-2(3)4;;;/h1H3,(H,3,4);1H;;/q;;;+1/p-1. The minimum absolute atomic E-state index is 0. The van der Waals surface area contributed by atoms with Crippen LogP contribution in [-0.4, -0.2) is 11.1 Å². The van der Waals surface area contributed by atoms with Gasteiger partial charge in [0.05, 0.1) is 0 Å². The van der Waals surface area contributed by atoms with Gasteiger partial charge in [-0.05, 0) is 0 Å². The van der Waals surface area contributed by atoms with Gasteiger partial charge in [0.25, 0.3) is 5.97 Å². The molecule has 7 heavy (non-hydrogen) atoms. The van der Waals surface area contributed by atoms with Gasteiger partial charge in [-0.25, -0.2) is 0 Å². The molecular formula is C2H4BrNi2O2. The van der Waals surface area contributed by atoms with Crippen molar-refractivity contribution in [3.05, 3.63) is 0 Å². The summed E-state index contributed by atoms with van der Waals surface area (Å²) in [5.74, 6) is -0.833. The van der Waals surface area contributed by atoms with Crippen LogP contribution in [0.1, 0.15) is 6.92 Å². The second-order valence-electron chi connectivity index (χ2n) is 0.519. The summed E-state index contributed by atoms with van der Waals surface area (Å²) in [6.45, 7) is 1.08. The van der Waals surface area contributed by atoms with Crippen molar-refractivity contribution in [2.75, 3.05) is 0 Å². The first-order chi connectivity index (χ1) is 2.73. The molecule has 0 aliphatic carbocycles. The van der Waals surface area contributed by atoms with E-state index >= 15 is 0 Å². The van der Waals surface area contributed by atoms with Crippen LogP contribution in [0.5, 0.6) is 0 Å². The number of hydrogen-bond acceptors (Lipinski definition) is 1. The average Bonchev–Trinajstić information content (AvgIpc) is 1.41. The number of halogens is 1. The fourth-order valence-electron chi connectivity index (χ4n) is 0. The quantitative estimate of drug-likeness (QED) is 0.656. The van der Waals surface area contributed by atoms with Gasteiger partial charge in [0.15, 0.2) is 0 Å². The normalized spacial score (nSPS) is 4.57. The van der Waals surface area contributed by atoms with E-state index in [9.17, 15) is 0 Å². The number of carboxylic acid groups (broad SMARTS) is 1. The molecule has 0 aromatic carbocycles. The zero-order valence-corrected chi connectivity index (χ0v) is 6.93. The zero-order chi connectivity index (χ0) is 5.58. The SMILES string of the molecule is CC(=O)O.[Ni].[Ni][Br]. The Morgan fingerprint density at radius 3 is 1.71 bits per heavy atom. The van der Waals surface area contributed by atoms with Crippen LogP contribution in [0.3, 0.4) is 0 Å². The van der Waals surface area contributed by atoms with E-state index in [1.807, 2.05) is 0 Å². The first kappa shape index (κ1) is 15.7. The second-order valence-corrected chi connectivity index (χ2v) is 0.519. The topological polar surface area (TPSA) is 37.3 Å². The first-order valence-corrected chi connectivity index (χ1v) is 3.49. The second kappa shape index (κ2) is 15.8. The van der Waals surface area contributed by atoms with E-state index in [1.165, 1.54) is 0 Å². The molecule has 0 aromatic rings. The molecule has 1 N–H and O–H groups in total. The third-order valence-corrected chi connectivity index (χ3v) is 0. The Labute approximate surface area is 67.1 Å². The molecule has 2 nitrogen and oxygen atoms in total. The maximum atomic E-state index is 9.00. The Bertz CT molecular complexity index is 36.7. The van der Waals surface area contributed by atoms with E-state index in [2.05, 4.69) is 27.9 Å². The van der Waals surface area contributed by atoms with Gasteiger partial charge in [0, 0.05) is 23.4 Å². The van der Waals surface area contributed by atoms with Crippen molar-refractivity contribution >= 4 is 20.2 Å². The predicted octanol–water partition coefficient (Wildman–Crippen LogP) is 0.931. The van der Waals surface area contributed by atoms with Crippen molar-refractivity contribution in [2.45, 2.75) is 6.92 Å². The van der Waals surface area contributed by atoms with Crippen LogP contribution in [0, 0.1) is 0 Å². The number of rotatable bonds is 0. The van der Waals surface area contributed by atoms with Gasteiger partial charge < -0.3 is 5.11 Å². The Balaban J connectivity index is -0.0000000480. The van der Waals surface area contributed by atoms with Crippen molar-refractivity contribution in [2.24, 2.45) is 0 Å². The van der Waals surface area contributed by atoms with E-state index < -0.39 is 5.97 Å². The van der Waals surface area contributed by atoms with Crippen LogP contribution in [0.2, 0.25) is 0 Å². The molecule has 0 unspecified atom stereocenters. The summed E-state index contributed by atoms with van der Waals surface area (Å²) in [5, 5.41) is 7.42. The molecule has 0 saturated heterocycles. The Kier molecular flexibility index (Phi) is 35.3. The fourth-order valence-corrected chi connectivity index (χ4v) is 0. The van der Waals surface area contributed by atoms with Crippen molar-refractivity contribution in [1.82, 2.24) is 0 Å². The molecule has 51 valence electrons. The summed E-state index contributed by atoms with van der Waals surface area (Å²) in [5.41, 5.74) is 0. The molecule has 0 aromatic heterocycles. The Morgan fingerprint density at radius 2 is 1.71 bits per heavy atom. The summed E-state index contributed by atoms with van der Waals surface area (Å²) in [6.07, 6.45) is 0. The van der Waals surface area contributed by atoms with E-state index in [-0.39, 0.29) is 16.5 Å². The van der Waals surface area contributed by atoms with Gasteiger partial charge in [-0.2, -0.15) is 0 Å². The Hall–Kier alpha value is 0.937. The number of carbonyl (C=O) groups is 1. The fraction of sp³-hybridized carbons (Fsp3) is 0.500. The molecule has 0 spiro atoms. The third kappa shape index (κ3) is 193. The van der Waals surface area contributed by atoms with Gasteiger partial charge in [0.1, 0.15) is 0 Å². The van der Waals surface area contributed by atoms with Crippen molar-refractivity contribution in [3.8, 4) is 0 Å². The van der Waals surface area contributed by atoms with Crippen LogP contribution >= 0.6 is 14.2 Å². The van der Waals surface area contributed by atoms with Gasteiger partial charge in [-0.1, -0.05) is 0 Å². The van der Waals surface area contributed by atoms with Crippen LogP contribution in [0.25, 0.3) is 0 Å². The van der Waals surface area contributed by atoms with E-state index in [0.717, 1.165) is 6.92 Å². The molecule has 0 atom stereocenters. The van der Waals surface area contributed by atoms with Crippen LogP contribution < -0.4 is 0 Å². The van der Waals surface area contributed by atoms with Crippen molar-refractivity contribution in [3.63, 3.8) is 0 Å².